The minimum atomic E-state index is -4.51. The van der Waals surface area contributed by atoms with Gasteiger partial charge in [0.25, 0.3) is 40.5 Å². The normalized spacial score (nSPS) is 18.3. The number of hydrogen-bond donors (Lipinski definition) is 4. The summed E-state index contributed by atoms with van der Waals surface area (Å²) < 4.78 is 134. The fourth-order valence-corrected chi connectivity index (χ4v) is 8.56. The third-order valence-corrected chi connectivity index (χ3v) is 12.5. The second kappa shape index (κ2) is 15.9. The van der Waals surface area contributed by atoms with Crippen molar-refractivity contribution in [2.24, 2.45) is 0 Å². The Hall–Kier alpha value is -1.11. The third-order valence-electron chi connectivity index (χ3n) is 8.69. The molecule has 0 saturated carbocycles. The molecule has 2 aliphatic heterocycles. The van der Waals surface area contributed by atoms with Crippen molar-refractivity contribution < 1.29 is 109 Å². The zero-order chi connectivity index (χ0) is 37.7. The molecule has 0 atom stereocenters. The van der Waals surface area contributed by atoms with Gasteiger partial charge in [-0.2, -0.15) is 38.2 Å². The maximum atomic E-state index is 11.9. The van der Waals surface area contributed by atoms with Crippen LogP contribution in [0.4, 0.5) is 11.4 Å². The molecule has 2 heterocycles. The van der Waals surface area contributed by atoms with Gasteiger partial charge in [-0.15, -0.1) is 0 Å². The molecular formula is C31H39BrKN2O12S4+. The van der Waals surface area contributed by atoms with Gasteiger partial charge < -0.3 is 6.33 Å². The molecule has 14 nitrogen and oxygen atoms in total. The average molecular weight is 879 g/mol. The van der Waals surface area contributed by atoms with Crippen LogP contribution in [0.5, 0.6) is 0 Å². The van der Waals surface area contributed by atoms with Gasteiger partial charge in [0, 0.05) is 52.0 Å². The van der Waals surface area contributed by atoms with Crippen LogP contribution in [0.15, 0.2) is 80.7 Å². The summed E-state index contributed by atoms with van der Waals surface area (Å²) >= 11 is 3.54. The Morgan fingerprint density at radius 2 is 1.33 bits per heavy atom. The van der Waals surface area contributed by atoms with E-state index in [4.69, 9.17) is 0 Å². The van der Waals surface area contributed by atoms with Crippen LogP contribution < -0.4 is 56.3 Å². The molecule has 2 aliphatic rings. The Bertz CT molecular complexity index is 2300. The molecule has 0 bridgehead atoms. The Morgan fingerprint density at radius 3 is 1.88 bits per heavy atom. The van der Waals surface area contributed by atoms with Crippen molar-refractivity contribution in [3.05, 3.63) is 82.0 Å². The van der Waals surface area contributed by atoms with E-state index in [9.17, 15) is 51.9 Å². The van der Waals surface area contributed by atoms with E-state index in [0.29, 0.717) is 38.4 Å². The predicted octanol–water partition coefficient (Wildman–Crippen LogP) is 1.75. The summed E-state index contributed by atoms with van der Waals surface area (Å²) in [6.45, 7) is 7.67. The largest absolute Gasteiger partial charge is 1.00 e. The second-order valence-electron chi connectivity index (χ2n) is 13.0. The molecule has 0 aromatic heterocycles. The van der Waals surface area contributed by atoms with Gasteiger partial charge in [0.15, 0.2) is 5.71 Å². The van der Waals surface area contributed by atoms with Gasteiger partial charge in [-0.3, -0.25) is 18.2 Å². The van der Waals surface area contributed by atoms with Crippen LogP contribution in [-0.4, -0.2) is 86.8 Å². The number of anilines is 1. The van der Waals surface area contributed by atoms with Gasteiger partial charge in [0.2, 0.25) is 5.69 Å². The van der Waals surface area contributed by atoms with Crippen molar-refractivity contribution in [1.29, 1.82) is 0 Å². The second-order valence-corrected chi connectivity index (χ2v) is 19.9. The molecule has 4 rings (SSSR count). The summed E-state index contributed by atoms with van der Waals surface area (Å²) in [6.07, 6.45) is 7.06. The maximum absolute atomic E-state index is 11.9. The molecule has 0 radical (unpaired) electrons. The zero-order valence-corrected chi connectivity index (χ0v) is 36.5. The molecule has 4 N–H and O–H groups in total. The average Bonchev–Trinajstić information content (AvgIpc) is 3.30. The first-order valence-electron chi connectivity index (χ1n) is 15.1. The van der Waals surface area contributed by atoms with E-state index in [2.05, 4.69) is 15.9 Å². The van der Waals surface area contributed by atoms with Gasteiger partial charge in [0.05, 0.1) is 26.7 Å². The summed E-state index contributed by atoms with van der Waals surface area (Å²) in [7, 11) is -17.5. The maximum Gasteiger partial charge on any atom is 1.00 e. The number of benzene rings is 2. The monoisotopic (exact) mass is 877 g/mol. The Morgan fingerprint density at radius 1 is 0.804 bits per heavy atom. The number of rotatable bonds is 13. The molecule has 0 aliphatic carbocycles. The van der Waals surface area contributed by atoms with E-state index in [-0.39, 0.29) is 88.5 Å². The molecular weight excluding hydrogens is 840 g/mol. The van der Waals surface area contributed by atoms with Crippen molar-refractivity contribution in [3.63, 3.8) is 0 Å². The van der Waals surface area contributed by atoms with E-state index in [0.717, 1.165) is 0 Å². The van der Waals surface area contributed by atoms with Crippen LogP contribution >= 0.6 is 15.9 Å². The summed E-state index contributed by atoms with van der Waals surface area (Å²) in [4.78, 5) is 1.21. The van der Waals surface area contributed by atoms with Gasteiger partial charge in [-0.05, 0) is 74.4 Å². The molecule has 0 spiro atoms. The fraction of sp³-hybridized carbons (Fsp3) is 0.387. The number of fused-ring (bicyclic) bond motifs is 2. The van der Waals surface area contributed by atoms with Crippen molar-refractivity contribution in [2.45, 2.75) is 61.2 Å². The van der Waals surface area contributed by atoms with Crippen molar-refractivity contribution >= 4 is 73.5 Å². The zero-order valence-electron chi connectivity index (χ0n) is 29.5. The van der Waals surface area contributed by atoms with E-state index >= 15 is 0 Å². The summed E-state index contributed by atoms with van der Waals surface area (Å²) in [6, 6.07) is 8.26. The first-order chi connectivity index (χ1) is 22.7. The van der Waals surface area contributed by atoms with E-state index in [1.807, 2.05) is 37.2 Å². The van der Waals surface area contributed by atoms with Crippen LogP contribution in [0.25, 0.3) is 0 Å². The van der Waals surface area contributed by atoms with Crippen LogP contribution in [-0.2, 0) is 51.3 Å². The molecule has 2 aromatic carbocycles. The van der Waals surface area contributed by atoms with Crippen LogP contribution in [0.1, 0.15) is 53.1 Å². The first kappa shape index (κ1) is 44.3. The van der Waals surface area contributed by atoms with Crippen molar-refractivity contribution in [3.8, 4) is 0 Å². The standard InChI is InChI=1S/C31H37BrN2O12S4.K.H/c1-30(2)24-19-22(49(41,42)43)9-11-26(24)33(15-5-17-47(35,36)37)28(30)13-7-21(32)8-14-29-31(3,4)25-20-23(50(44,45)46)10-12-27(25)34(29)16-6-18-48(38,39)40;;/h7-14,19-20H,5-6,15-18H2,1-4H3,(H3-,35,36,37,38,39,40,41,42,43,44,45,46);;/q;+1;-1/p+1. The minimum Gasteiger partial charge on any atom is -1.00 e. The van der Waals surface area contributed by atoms with Crippen LogP contribution in [0.2, 0.25) is 0 Å². The molecule has 51 heavy (non-hydrogen) atoms. The number of allylic oxidation sites excluding steroid dienone is 6. The van der Waals surface area contributed by atoms with Gasteiger partial charge >= 0.3 is 51.4 Å². The van der Waals surface area contributed by atoms with Crippen molar-refractivity contribution in [2.75, 3.05) is 29.5 Å². The van der Waals surface area contributed by atoms with Crippen LogP contribution in [0, 0.1) is 0 Å². The van der Waals surface area contributed by atoms with Gasteiger partial charge in [-0.1, -0.05) is 29.8 Å². The minimum absolute atomic E-state index is 0. The van der Waals surface area contributed by atoms with Crippen molar-refractivity contribution in [1.82, 2.24) is 0 Å². The topological polar surface area (TPSA) is 224 Å². The summed E-state index contributed by atoms with van der Waals surface area (Å²) in [5.74, 6) is -0.998. The van der Waals surface area contributed by atoms with E-state index in [1.54, 1.807) is 24.3 Å². The number of halogens is 1. The summed E-state index contributed by atoms with van der Waals surface area (Å²) in [5, 5.41) is 0. The van der Waals surface area contributed by atoms with E-state index < -0.39 is 62.8 Å². The van der Waals surface area contributed by atoms with E-state index in [1.165, 1.54) is 36.4 Å². The SMILES string of the molecule is CC1(C)C(/C=C/C(Br)=C/C=C2\N(CCCS(=O)(=O)O)c3ccc(S(=O)(=O)O)cc3C2(C)C)=[N+](CCCS(=O)(=O)O)c2ccc(S(=O)(=O)O)cc21.[H-].[K+]. The van der Waals surface area contributed by atoms with Gasteiger partial charge in [0.1, 0.15) is 6.54 Å². The number of nitrogens with zero attached hydrogens (tertiary/aromatic N) is 2. The Balaban J connectivity index is 0.00000468. The summed E-state index contributed by atoms with van der Waals surface area (Å²) in [5.41, 5.74) is 2.00. The third kappa shape index (κ3) is 10.6. The molecule has 0 unspecified atom stereocenters. The quantitative estimate of drug-likeness (QED) is 0.0976. The Labute approximate surface area is 351 Å². The molecule has 0 amide bonds. The smallest absolute Gasteiger partial charge is 1.00 e. The van der Waals surface area contributed by atoms with Gasteiger partial charge in [-0.25, -0.2) is 0 Å². The molecule has 2 aromatic rings. The number of hydrogen-bond acceptors (Lipinski definition) is 9. The Kier molecular flexibility index (Phi) is 13.8. The molecule has 20 heteroatoms. The fourth-order valence-electron chi connectivity index (χ4n) is 6.29. The van der Waals surface area contributed by atoms with Crippen LogP contribution in [0.3, 0.4) is 0 Å². The predicted molar refractivity (Wildman–Crippen MR) is 193 cm³/mol. The molecule has 0 saturated heterocycles. The molecule has 276 valence electrons. The first-order valence-corrected chi connectivity index (χ1v) is 22.0. The molecule has 0 fully saturated rings.